The van der Waals surface area contributed by atoms with Crippen LogP contribution in [0.1, 0.15) is 13.8 Å². The monoisotopic (exact) mass is 134 g/mol. The van der Waals surface area contributed by atoms with Crippen LogP contribution in [-0.4, -0.2) is 11.0 Å². The van der Waals surface area contributed by atoms with E-state index in [4.69, 9.17) is 5.26 Å². The molecule has 0 spiro atoms. The lowest BCUT2D eigenvalue weighted by Gasteiger charge is -2.02. The van der Waals surface area contributed by atoms with Gasteiger partial charge in [-0.2, -0.15) is 5.26 Å². The van der Waals surface area contributed by atoms with Gasteiger partial charge >= 0.3 is 0 Å². The summed E-state index contributed by atoms with van der Waals surface area (Å²) in [5.74, 6) is 0. The number of nitriles is 1. The first-order chi connectivity index (χ1) is 3.50. The lowest BCUT2D eigenvalue weighted by molar-refractivity contribution is 0.810. The summed E-state index contributed by atoms with van der Waals surface area (Å²) in [5, 5.41) is 8.28. The van der Waals surface area contributed by atoms with Gasteiger partial charge in [0.15, 0.2) is 0 Å². The van der Waals surface area contributed by atoms with Gasteiger partial charge in [-0.15, -0.1) is 0 Å². The van der Waals surface area contributed by atoms with Crippen molar-refractivity contribution < 1.29 is 3.89 Å². The number of nitrogens with zero attached hydrogens (tertiary/aromatic N) is 1. The molecule has 0 aliphatic carbocycles. The molecule has 0 amide bonds. The molecule has 0 aromatic heterocycles. The van der Waals surface area contributed by atoms with Crippen molar-refractivity contribution in [1.82, 2.24) is 0 Å². The van der Waals surface area contributed by atoms with Crippen LogP contribution >= 0.6 is 0 Å². The first-order valence-electron chi connectivity index (χ1n) is 2.24. The predicted molar refractivity (Wildman–Crippen MR) is 34.1 cm³/mol. The minimum atomic E-state index is -1.29. The van der Waals surface area contributed by atoms with Gasteiger partial charge in [0.2, 0.25) is 16.0 Å². The van der Waals surface area contributed by atoms with Crippen LogP contribution in [0.25, 0.3) is 0 Å². The predicted octanol–water partition coefficient (Wildman–Crippen LogP) is 1.42. The minimum Gasteiger partial charge on any atom is -0.192 e. The summed E-state index contributed by atoms with van der Waals surface area (Å²) in [6.45, 7) is 3.19. The third kappa shape index (κ3) is 1.71. The summed E-state index contributed by atoms with van der Waals surface area (Å²) in [6.07, 6.45) is 1.42. The van der Waals surface area contributed by atoms with E-state index in [0.29, 0.717) is 0 Å². The van der Waals surface area contributed by atoms with Crippen molar-refractivity contribution in [2.75, 3.05) is 6.26 Å². The molecule has 46 valence electrons. The molecule has 0 saturated carbocycles. The van der Waals surface area contributed by atoms with Crippen LogP contribution in [0.3, 0.4) is 0 Å². The van der Waals surface area contributed by atoms with E-state index in [1.807, 2.05) is 6.07 Å². The lowest BCUT2D eigenvalue weighted by Crippen LogP contribution is -2.24. The first-order valence-corrected chi connectivity index (χ1v) is 3.77. The Kier molecular flexibility index (Phi) is 2.29. The standard InChI is InChI=1S/C5H9FNS/c1-5(2,4-7)8(3)6/h1-3H3/q+1. The molecule has 0 radical (unpaired) electrons. The van der Waals surface area contributed by atoms with Gasteiger partial charge in [-0.05, 0) is 0 Å². The maximum atomic E-state index is 12.3. The number of rotatable bonds is 1. The highest BCUT2D eigenvalue weighted by Crippen LogP contribution is 2.16. The Bertz CT molecular complexity index is 114. The molecule has 0 saturated heterocycles. The van der Waals surface area contributed by atoms with Crippen molar-refractivity contribution >= 4 is 11.3 Å². The second-order valence-electron chi connectivity index (χ2n) is 2.06. The molecule has 1 atom stereocenters. The maximum absolute atomic E-state index is 12.3. The molecule has 1 nitrogen and oxygen atoms in total. The molecule has 0 rings (SSSR count). The highest BCUT2D eigenvalue weighted by Gasteiger charge is 2.36. The van der Waals surface area contributed by atoms with Gasteiger partial charge in [0.25, 0.3) is 0 Å². The van der Waals surface area contributed by atoms with Gasteiger partial charge in [0.05, 0.1) is 0 Å². The fourth-order valence-electron chi connectivity index (χ4n) is 0.0629. The Balaban J connectivity index is 3.97. The summed E-state index contributed by atoms with van der Waals surface area (Å²) in [5.41, 5.74) is 0. The molecule has 0 heterocycles. The van der Waals surface area contributed by atoms with Crippen molar-refractivity contribution in [1.29, 1.82) is 5.26 Å². The van der Waals surface area contributed by atoms with Crippen LogP contribution in [-0.2, 0) is 11.3 Å². The third-order valence-corrected chi connectivity index (χ3v) is 2.47. The molecule has 0 aromatic carbocycles. The molecule has 0 bridgehead atoms. The summed E-state index contributed by atoms with van der Waals surface area (Å²) in [4.78, 5) is 0. The van der Waals surface area contributed by atoms with Crippen molar-refractivity contribution in [2.45, 2.75) is 18.6 Å². The molecule has 0 aromatic rings. The van der Waals surface area contributed by atoms with E-state index in [1.165, 1.54) is 6.26 Å². The average Bonchev–Trinajstić information content (AvgIpc) is 1.67. The van der Waals surface area contributed by atoms with E-state index >= 15 is 0 Å². The smallest absolute Gasteiger partial charge is 0.192 e. The Hall–Kier alpha value is -0.230. The molecule has 1 unspecified atom stereocenters. The van der Waals surface area contributed by atoms with Crippen molar-refractivity contribution in [3.05, 3.63) is 0 Å². The summed E-state index contributed by atoms with van der Waals surface area (Å²) >= 11 is -1.29. The van der Waals surface area contributed by atoms with E-state index in [9.17, 15) is 3.89 Å². The highest BCUT2D eigenvalue weighted by atomic mass is 32.2. The van der Waals surface area contributed by atoms with Crippen molar-refractivity contribution in [3.8, 4) is 6.07 Å². The van der Waals surface area contributed by atoms with E-state index < -0.39 is 16.0 Å². The van der Waals surface area contributed by atoms with Gasteiger partial charge in [0, 0.05) is 17.7 Å². The Labute approximate surface area is 52.1 Å². The van der Waals surface area contributed by atoms with Crippen molar-refractivity contribution in [3.63, 3.8) is 0 Å². The van der Waals surface area contributed by atoms with Gasteiger partial charge in [-0.1, -0.05) is 0 Å². The molecule has 3 heteroatoms. The Morgan fingerprint density at radius 1 is 1.62 bits per heavy atom. The molecule has 0 aliphatic rings. The Morgan fingerprint density at radius 2 is 2.00 bits per heavy atom. The van der Waals surface area contributed by atoms with Gasteiger partial charge < -0.3 is 0 Å². The van der Waals surface area contributed by atoms with Crippen LogP contribution in [0.4, 0.5) is 3.89 Å². The largest absolute Gasteiger partial charge is 0.244 e. The summed E-state index contributed by atoms with van der Waals surface area (Å²) < 4.78 is 11.5. The molecule has 0 aliphatic heterocycles. The van der Waals surface area contributed by atoms with E-state index in [2.05, 4.69) is 0 Å². The maximum Gasteiger partial charge on any atom is 0.244 e. The van der Waals surface area contributed by atoms with E-state index in [-0.39, 0.29) is 0 Å². The molecule has 8 heavy (non-hydrogen) atoms. The van der Waals surface area contributed by atoms with E-state index in [1.54, 1.807) is 13.8 Å². The number of hydrogen-bond acceptors (Lipinski definition) is 1. The number of hydrogen-bond donors (Lipinski definition) is 0. The van der Waals surface area contributed by atoms with Gasteiger partial charge in [-0.25, -0.2) is 0 Å². The second kappa shape index (κ2) is 2.36. The summed E-state index contributed by atoms with van der Waals surface area (Å²) in [6, 6.07) is 1.88. The average molecular weight is 134 g/mol. The minimum absolute atomic E-state index is 0.792. The van der Waals surface area contributed by atoms with Crippen LogP contribution in [0.2, 0.25) is 0 Å². The third-order valence-electron chi connectivity index (χ3n) is 0.972. The Morgan fingerprint density at radius 3 is 2.00 bits per heavy atom. The lowest BCUT2D eigenvalue weighted by atomic mass is 10.2. The summed E-state index contributed by atoms with van der Waals surface area (Å²) in [7, 11) is 0. The van der Waals surface area contributed by atoms with Crippen LogP contribution in [0, 0.1) is 11.3 Å². The van der Waals surface area contributed by atoms with Gasteiger partial charge in [-0.3, -0.25) is 0 Å². The quantitative estimate of drug-likeness (QED) is 0.497. The SMILES string of the molecule is C[S+](F)C(C)(C)C#N. The molecular formula is C5H9FNS+. The zero-order valence-corrected chi connectivity index (χ0v) is 6.05. The van der Waals surface area contributed by atoms with Crippen molar-refractivity contribution in [2.24, 2.45) is 0 Å². The normalized spacial score (nSPS) is 14.9. The molecule has 0 fully saturated rings. The fraction of sp³-hybridized carbons (Fsp3) is 0.800. The zero-order valence-electron chi connectivity index (χ0n) is 5.23. The van der Waals surface area contributed by atoms with Gasteiger partial charge in [0.1, 0.15) is 12.3 Å². The highest BCUT2D eigenvalue weighted by molar-refractivity contribution is 7.92. The first kappa shape index (κ1) is 7.77. The van der Waals surface area contributed by atoms with Crippen LogP contribution < -0.4 is 0 Å². The number of halogens is 1. The zero-order chi connectivity index (χ0) is 6.78. The molecular weight excluding hydrogens is 125 g/mol. The van der Waals surface area contributed by atoms with Crippen LogP contribution in [0.15, 0.2) is 0 Å². The second-order valence-corrected chi connectivity index (χ2v) is 3.95. The fourth-order valence-corrected chi connectivity index (χ4v) is 0.189. The van der Waals surface area contributed by atoms with Crippen LogP contribution in [0.5, 0.6) is 0 Å². The van der Waals surface area contributed by atoms with E-state index in [0.717, 1.165) is 0 Å². The molecule has 0 N–H and O–H groups in total. The topological polar surface area (TPSA) is 23.8 Å².